The van der Waals surface area contributed by atoms with E-state index in [1.165, 1.54) is 18.9 Å². The SMILES string of the molecule is CNCc1cc(Cl)cc(S(=O)(=O)NCC2CCCC2)c1Cl. The number of hydrogen-bond donors (Lipinski definition) is 2. The van der Waals surface area contributed by atoms with Gasteiger partial charge in [0.1, 0.15) is 4.90 Å². The molecular formula is C14H20Cl2N2O2S. The molecule has 0 amide bonds. The Labute approximate surface area is 136 Å². The monoisotopic (exact) mass is 350 g/mol. The normalized spacial score (nSPS) is 16.5. The number of rotatable bonds is 6. The van der Waals surface area contributed by atoms with Crippen LogP contribution in [0, 0.1) is 5.92 Å². The second-order valence-electron chi connectivity index (χ2n) is 5.41. The Balaban J connectivity index is 2.21. The lowest BCUT2D eigenvalue weighted by Crippen LogP contribution is -2.29. The summed E-state index contributed by atoms with van der Waals surface area (Å²) in [5, 5.41) is 3.55. The lowest BCUT2D eigenvalue weighted by Gasteiger charge is -2.14. The van der Waals surface area contributed by atoms with Gasteiger partial charge >= 0.3 is 0 Å². The molecule has 0 unspecified atom stereocenters. The lowest BCUT2D eigenvalue weighted by molar-refractivity contribution is 0.519. The van der Waals surface area contributed by atoms with Gasteiger partial charge in [0.2, 0.25) is 10.0 Å². The molecule has 1 fully saturated rings. The molecule has 118 valence electrons. The molecule has 0 spiro atoms. The van der Waals surface area contributed by atoms with E-state index in [-0.39, 0.29) is 9.92 Å². The van der Waals surface area contributed by atoms with Crippen molar-refractivity contribution in [2.24, 2.45) is 5.92 Å². The van der Waals surface area contributed by atoms with E-state index in [0.717, 1.165) is 12.8 Å². The summed E-state index contributed by atoms with van der Waals surface area (Å²) in [7, 11) is -1.87. The highest BCUT2D eigenvalue weighted by Gasteiger charge is 2.23. The Morgan fingerprint density at radius 3 is 2.52 bits per heavy atom. The third kappa shape index (κ3) is 4.33. The number of sulfonamides is 1. The second-order valence-corrected chi connectivity index (χ2v) is 7.96. The molecule has 1 saturated carbocycles. The maximum absolute atomic E-state index is 12.4. The van der Waals surface area contributed by atoms with E-state index < -0.39 is 10.0 Å². The first kappa shape index (κ1) is 17.0. The molecule has 2 N–H and O–H groups in total. The van der Waals surface area contributed by atoms with E-state index in [1.54, 1.807) is 13.1 Å². The van der Waals surface area contributed by atoms with Crippen LogP contribution in [0.3, 0.4) is 0 Å². The van der Waals surface area contributed by atoms with Gasteiger partial charge in [0.15, 0.2) is 0 Å². The van der Waals surface area contributed by atoms with Crippen molar-refractivity contribution in [1.82, 2.24) is 10.0 Å². The molecule has 0 atom stereocenters. The van der Waals surface area contributed by atoms with Gasteiger partial charge in [-0.2, -0.15) is 0 Å². The summed E-state index contributed by atoms with van der Waals surface area (Å²) in [5.74, 6) is 0.425. The van der Waals surface area contributed by atoms with Crippen molar-refractivity contribution in [1.29, 1.82) is 0 Å². The molecule has 21 heavy (non-hydrogen) atoms. The van der Waals surface area contributed by atoms with Crippen molar-refractivity contribution in [2.75, 3.05) is 13.6 Å². The first-order valence-electron chi connectivity index (χ1n) is 7.06. The number of halogens is 2. The van der Waals surface area contributed by atoms with Crippen LogP contribution in [0.4, 0.5) is 0 Å². The van der Waals surface area contributed by atoms with Crippen LogP contribution >= 0.6 is 23.2 Å². The first-order valence-corrected chi connectivity index (χ1v) is 9.30. The minimum absolute atomic E-state index is 0.0555. The van der Waals surface area contributed by atoms with E-state index in [9.17, 15) is 8.42 Å². The first-order chi connectivity index (χ1) is 9.94. The Kier molecular flexibility index (Phi) is 5.91. The fourth-order valence-corrected chi connectivity index (χ4v) is 4.70. The predicted molar refractivity (Wildman–Crippen MR) is 86.4 cm³/mol. The predicted octanol–water partition coefficient (Wildman–Crippen LogP) is 3.18. The van der Waals surface area contributed by atoms with Gasteiger partial charge in [-0.05, 0) is 43.5 Å². The van der Waals surface area contributed by atoms with Crippen LogP contribution in [0.25, 0.3) is 0 Å². The van der Waals surface area contributed by atoms with Crippen LogP contribution in [0.15, 0.2) is 17.0 Å². The lowest BCUT2D eigenvalue weighted by atomic mass is 10.1. The third-order valence-corrected chi connectivity index (χ3v) is 6.00. The molecule has 1 aliphatic carbocycles. The van der Waals surface area contributed by atoms with Crippen molar-refractivity contribution in [3.63, 3.8) is 0 Å². The maximum atomic E-state index is 12.4. The summed E-state index contributed by atoms with van der Waals surface area (Å²) < 4.78 is 27.6. The van der Waals surface area contributed by atoms with Crippen LogP contribution in [-0.4, -0.2) is 22.0 Å². The Hall–Kier alpha value is -0.330. The van der Waals surface area contributed by atoms with E-state index in [0.29, 0.717) is 29.6 Å². The molecule has 0 heterocycles. The zero-order valence-electron chi connectivity index (χ0n) is 12.0. The van der Waals surface area contributed by atoms with Gasteiger partial charge in [-0.15, -0.1) is 0 Å². The molecule has 0 bridgehead atoms. The zero-order valence-corrected chi connectivity index (χ0v) is 14.3. The summed E-state index contributed by atoms with van der Waals surface area (Å²) >= 11 is 12.2. The van der Waals surface area contributed by atoms with Crippen molar-refractivity contribution < 1.29 is 8.42 Å². The Morgan fingerprint density at radius 1 is 1.24 bits per heavy atom. The average molecular weight is 351 g/mol. The van der Waals surface area contributed by atoms with Crippen LogP contribution in [0.2, 0.25) is 10.0 Å². The summed E-state index contributed by atoms with van der Waals surface area (Å²) in [4.78, 5) is 0.0555. The minimum Gasteiger partial charge on any atom is -0.316 e. The zero-order chi connectivity index (χ0) is 15.5. The molecule has 0 aliphatic heterocycles. The van der Waals surface area contributed by atoms with Crippen LogP contribution in [0.5, 0.6) is 0 Å². The molecular weight excluding hydrogens is 331 g/mol. The average Bonchev–Trinajstić information content (AvgIpc) is 2.94. The number of hydrogen-bond acceptors (Lipinski definition) is 3. The highest BCUT2D eigenvalue weighted by atomic mass is 35.5. The fraction of sp³-hybridized carbons (Fsp3) is 0.571. The van der Waals surface area contributed by atoms with Gasteiger partial charge in [0, 0.05) is 18.1 Å². The maximum Gasteiger partial charge on any atom is 0.242 e. The van der Waals surface area contributed by atoms with Gasteiger partial charge in [-0.3, -0.25) is 0 Å². The summed E-state index contributed by atoms with van der Waals surface area (Å²) in [5.41, 5.74) is 0.674. The van der Waals surface area contributed by atoms with E-state index in [2.05, 4.69) is 10.0 Å². The van der Waals surface area contributed by atoms with E-state index in [4.69, 9.17) is 23.2 Å². The third-order valence-electron chi connectivity index (χ3n) is 3.77. The van der Waals surface area contributed by atoms with Crippen molar-refractivity contribution in [3.05, 3.63) is 27.7 Å². The van der Waals surface area contributed by atoms with E-state index in [1.807, 2.05) is 0 Å². The Bertz CT molecular complexity index is 599. The summed E-state index contributed by atoms with van der Waals surface area (Å²) in [6.07, 6.45) is 4.51. The standard InChI is InChI=1S/C14H20Cl2N2O2S/c1-17-9-11-6-12(15)7-13(14(11)16)21(19,20)18-8-10-4-2-3-5-10/h6-7,10,17-18H,2-5,8-9H2,1H3. The van der Waals surface area contributed by atoms with Crippen molar-refractivity contribution >= 4 is 33.2 Å². The van der Waals surface area contributed by atoms with Gasteiger partial charge in [-0.1, -0.05) is 36.0 Å². The van der Waals surface area contributed by atoms with Crippen LogP contribution < -0.4 is 10.0 Å². The van der Waals surface area contributed by atoms with E-state index >= 15 is 0 Å². The van der Waals surface area contributed by atoms with Gasteiger partial charge in [0.05, 0.1) is 5.02 Å². The Morgan fingerprint density at radius 2 is 1.90 bits per heavy atom. The molecule has 2 rings (SSSR count). The highest BCUT2D eigenvalue weighted by Crippen LogP contribution is 2.30. The molecule has 1 aromatic rings. The molecule has 0 radical (unpaired) electrons. The minimum atomic E-state index is -3.64. The number of nitrogens with one attached hydrogen (secondary N) is 2. The smallest absolute Gasteiger partial charge is 0.242 e. The molecule has 0 aromatic heterocycles. The van der Waals surface area contributed by atoms with Crippen LogP contribution in [-0.2, 0) is 16.6 Å². The molecule has 7 heteroatoms. The quantitative estimate of drug-likeness (QED) is 0.828. The molecule has 0 saturated heterocycles. The topological polar surface area (TPSA) is 58.2 Å². The van der Waals surface area contributed by atoms with Crippen molar-refractivity contribution in [2.45, 2.75) is 37.1 Å². The van der Waals surface area contributed by atoms with Crippen LogP contribution in [0.1, 0.15) is 31.2 Å². The molecule has 4 nitrogen and oxygen atoms in total. The molecule has 1 aliphatic rings. The largest absolute Gasteiger partial charge is 0.316 e. The highest BCUT2D eigenvalue weighted by molar-refractivity contribution is 7.89. The fourth-order valence-electron chi connectivity index (χ4n) is 2.65. The number of benzene rings is 1. The molecule has 1 aromatic carbocycles. The second kappa shape index (κ2) is 7.29. The van der Waals surface area contributed by atoms with Gasteiger partial charge in [-0.25, -0.2) is 13.1 Å². The van der Waals surface area contributed by atoms with Gasteiger partial charge < -0.3 is 5.32 Å². The van der Waals surface area contributed by atoms with Gasteiger partial charge in [0.25, 0.3) is 0 Å². The van der Waals surface area contributed by atoms with Crippen molar-refractivity contribution in [3.8, 4) is 0 Å². The summed E-state index contributed by atoms with van der Waals surface area (Å²) in [6, 6.07) is 3.08. The summed E-state index contributed by atoms with van der Waals surface area (Å²) in [6.45, 7) is 0.928.